The van der Waals surface area contributed by atoms with E-state index in [9.17, 15) is 18.8 Å². The molecular weight excluding hydrogens is 389 g/mol. The number of nitrogens with zero attached hydrogens (tertiary/aromatic N) is 1. The second-order valence-corrected chi connectivity index (χ2v) is 6.66. The highest BCUT2D eigenvalue weighted by Gasteiger charge is 2.18. The third-order valence-electron chi connectivity index (χ3n) is 4.55. The van der Waals surface area contributed by atoms with Crippen LogP contribution in [0.1, 0.15) is 23.0 Å². The van der Waals surface area contributed by atoms with Gasteiger partial charge in [0.15, 0.2) is 6.61 Å². The Morgan fingerprint density at radius 3 is 2.53 bits per heavy atom. The van der Waals surface area contributed by atoms with E-state index in [0.717, 1.165) is 16.5 Å². The van der Waals surface area contributed by atoms with Crippen LogP contribution in [0.2, 0.25) is 0 Å². The van der Waals surface area contributed by atoms with Crippen LogP contribution in [-0.4, -0.2) is 47.4 Å². The number of amides is 2. The average Bonchev–Trinajstić information content (AvgIpc) is 3.19. The number of benzene rings is 2. The van der Waals surface area contributed by atoms with Crippen molar-refractivity contribution in [3.63, 3.8) is 0 Å². The number of aromatic amines is 1. The summed E-state index contributed by atoms with van der Waals surface area (Å²) in [6, 6.07) is 14.8. The lowest BCUT2D eigenvalue weighted by molar-refractivity contribution is -0.138. The second-order valence-electron chi connectivity index (χ2n) is 6.66. The number of carbonyl (C=O) groups is 3. The fourth-order valence-electron chi connectivity index (χ4n) is 2.89. The van der Waals surface area contributed by atoms with Gasteiger partial charge in [-0.15, -0.1) is 0 Å². The van der Waals surface area contributed by atoms with Gasteiger partial charge in [0.05, 0.1) is 6.54 Å². The van der Waals surface area contributed by atoms with Crippen LogP contribution < -0.4 is 5.32 Å². The summed E-state index contributed by atoms with van der Waals surface area (Å²) in [5.41, 5.74) is 1.79. The Balaban J connectivity index is 1.48. The van der Waals surface area contributed by atoms with Crippen LogP contribution in [-0.2, 0) is 20.9 Å². The van der Waals surface area contributed by atoms with Crippen molar-refractivity contribution in [2.24, 2.45) is 0 Å². The zero-order valence-electron chi connectivity index (χ0n) is 16.5. The van der Waals surface area contributed by atoms with Crippen molar-refractivity contribution in [3.05, 3.63) is 71.7 Å². The lowest BCUT2D eigenvalue weighted by Gasteiger charge is -2.20. The number of hydrogen-bond donors (Lipinski definition) is 2. The van der Waals surface area contributed by atoms with Crippen molar-refractivity contribution >= 4 is 28.7 Å². The third kappa shape index (κ3) is 5.44. The first-order valence-electron chi connectivity index (χ1n) is 9.50. The zero-order chi connectivity index (χ0) is 21.5. The normalized spacial score (nSPS) is 10.6. The molecule has 0 aliphatic rings. The molecule has 0 spiro atoms. The van der Waals surface area contributed by atoms with Crippen molar-refractivity contribution < 1.29 is 23.5 Å². The molecule has 0 saturated heterocycles. The molecule has 3 rings (SSSR count). The van der Waals surface area contributed by atoms with Crippen LogP contribution in [0.15, 0.2) is 54.6 Å². The Kier molecular flexibility index (Phi) is 6.79. The molecule has 3 aromatic rings. The van der Waals surface area contributed by atoms with E-state index in [1.807, 2.05) is 24.3 Å². The van der Waals surface area contributed by atoms with E-state index >= 15 is 0 Å². The van der Waals surface area contributed by atoms with Crippen molar-refractivity contribution in [2.75, 3.05) is 19.7 Å². The molecule has 2 amide bonds. The highest BCUT2D eigenvalue weighted by Crippen LogP contribution is 2.15. The number of likely N-dealkylation sites (N-methyl/N-ethyl adjacent to an activating group) is 1. The maximum atomic E-state index is 12.9. The molecule has 0 unspecified atom stereocenters. The van der Waals surface area contributed by atoms with Crippen LogP contribution in [0.4, 0.5) is 4.39 Å². The summed E-state index contributed by atoms with van der Waals surface area (Å²) in [4.78, 5) is 40.9. The Hall–Kier alpha value is -3.68. The van der Waals surface area contributed by atoms with Crippen molar-refractivity contribution in [2.45, 2.75) is 13.5 Å². The quantitative estimate of drug-likeness (QED) is 0.558. The molecule has 0 aliphatic carbocycles. The molecule has 0 fully saturated rings. The maximum absolute atomic E-state index is 12.9. The van der Waals surface area contributed by atoms with Crippen LogP contribution >= 0.6 is 0 Å². The number of rotatable bonds is 8. The lowest BCUT2D eigenvalue weighted by atomic mass is 10.2. The van der Waals surface area contributed by atoms with Crippen molar-refractivity contribution in [1.82, 2.24) is 15.2 Å². The second kappa shape index (κ2) is 9.69. The number of nitrogens with one attached hydrogen (secondary N) is 2. The molecule has 7 nitrogen and oxygen atoms in total. The molecule has 2 aromatic carbocycles. The SMILES string of the molecule is CCN(CC(=O)NCc1ccc(F)cc1)C(=O)COC(=O)c1cc2ccccc2[nH]1. The summed E-state index contributed by atoms with van der Waals surface area (Å²) in [6.07, 6.45) is 0. The molecule has 0 radical (unpaired) electrons. The van der Waals surface area contributed by atoms with E-state index in [2.05, 4.69) is 10.3 Å². The monoisotopic (exact) mass is 411 g/mol. The molecule has 1 heterocycles. The highest BCUT2D eigenvalue weighted by atomic mass is 19.1. The number of hydrogen-bond acceptors (Lipinski definition) is 4. The number of esters is 1. The molecule has 0 atom stereocenters. The number of ether oxygens (including phenoxy) is 1. The topological polar surface area (TPSA) is 91.5 Å². The fraction of sp³-hybridized carbons (Fsp3) is 0.227. The van der Waals surface area contributed by atoms with Gasteiger partial charge < -0.3 is 19.9 Å². The van der Waals surface area contributed by atoms with Gasteiger partial charge in [0.25, 0.3) is 5.91 Å². The number of fused-ring (bicyclic) bond motifs is 1. The van der Waals surface area contributed by atoms with Crippen LogP contribution in [0.25, 0.3) is 10.9 Å². The highest BCUT2D eigenvalue weighted by molar-refractivity contribution is 5.96. The summed E-state index contributed by atoms with van der Waals surface area (Å²) in [6.45, 7) is 1.60. The predicted molar refractivity (Wildman–Crippen MR) is 109 cm³/mol. The van der Waals surface area contributed by atoms with Crippen molar-refractivity contribution in [1.29, 1.82) is 0 Å². The minimum absolute atomic E-state index is 0.166. The Morgan fingerprint density at radius 1 is 1.10 bits per heavy atom. The minimum Gasteiger partial charge on any atom is -0.451 e. The van der Waals surface area contributed by atoms with Crippen LogP contribution in [0, 0.1) is 5.82 Å². The molecule has 156 valence electrons. The molecule has 0 bridgehead atoms. The summed E-state index contributed by atoms with van der Waals surface area (Å²) in [5.74, 6) is -1.83. The average molecular weight is 411 g/mol. The molecule has 0 saturated carbocycles. The molecule has 0 aliphatic heterocycles. The van der Waals surface area contributed by atoms with E-state index in [0.29, 0.717) is 0 Å². The van der Waals surface area contributed by atoms with Crippen LogP contribution in [0.5, 0.6) is 0 Å². The van der Waals surface area contributed by atoms with E-state index in [1.54, 1.807) is 25.1 Å². The summed E-state index contributed by atoms with van der Waals surface area (Å²) >= 11 is 0. The Labute approximate surface area is 172 Å². The van der Waals surface area contributed by atoms with Gasteiger partial charge in [-0.2, -0.15) is 0 Å². The van der Waals surface area contributed by atoms with Gasteiger partial charge in [-0.3, -0.25) is 9.59 Å². The number of para-hydroxylation sites is 1. The number of halogens is 1. The summed E-state index contributed by atoms with van der Waals surface area (Å²) in [7, 11) is 0. The molecule has 30 heavy (non-hydrogen) atoms. The number of carbonyl (C=O) groups excluding carboxylic acids is 3. The van der Waals surface area contributed by atoms with E-state index < -0.39 is 18.5 Å². The molecular formula is C22H22FN3O4. The van der Waals surface area contributed by atoms with Gasteiger partial charge in [-0.25, -0.2) is 9.18 Å². The standard InChI is InChI=1S/C22H22FN3O4/c1-2-26(13-20(27)24-12-15-7-9-17(23)10-8-15)21(28)14-30-22(29)19-11-16-5-3-4-6-18(16)25-19/h3-11,25H,2,12-14H2,1H3,(H,24,27). The van der Waals surface area contributed by atoms with Gasteiger partial charge in [0.2, 0.25) is 5.91 Å². The van der Waals surface area contributed by atoms with Gasteiger partial charge in [0.1, 0.15) is 11.5 Å². The zero-order valence-corrected chi connectivity index (χ0v) is 16.5. The first kappa shape index (κ1) is 21.0. The summed E-state index contributed by atoms with van der Waals surface area (Å²) in [5, 5.41) is 3.54. The first-order valence-corrected chi connectivity index (χ1v) is 9.50. The van der Waals surface area contributed by atoms with E-state index in [-0.39, 0.29) is 37.1 Å². The fourth-order valence-corrected chi connectivity index (χ4v) is 2.89. The lowest BCUT2D eigenvalue weighted by Crippen LogP contribution is -2.42. The summed E-state index contributed by atoms with van der Waals surface area (Å²) < 4.78 is 18.0. The van der Waals surface area contributed by atoms with Gasteiger partial charge >= 0.3 is 5.97 Å². The van der Waals surface area contributed by atoms with Gasteiger partial charge in [0, 0.05) is 24.0 Å². The Bertz CT molecular complexity index is 1010. The molecule has 2 N–H and O–H groups in total. The number of H-pyrrole nitrogens is 1. The Morgan fingerprint density at radius 2 is 1.83 bits per heavy atom. The largest absolute Gasteiger partial charge is 0.451 e. The maximum Gasteiger partial charge on any atom is 0.355 e. The smallest absolute Gasteiger partial charge is 0.355 e. The van der Waals surface area contributed by atoms with Gasteiger partial charge in [-0.1, -0.05) is 30.3 Å². The number of aromatic nitrogens is 1. The minimum atomic E-state index is -0.642. The predicted octanol–water partition coefficient (Wildman–Crippen LogP) is 2.63. The van der Waals surface area contributed by atoms with Gasteiger partial charge in [-0.05, 0) is 36.8 Å². The van der Waals surface area contributed by atoms with E-state index in [1.165, 1.54) is 17.0 Å². The molecule has 1 aromatic heterocycles. The van der Waals surface area contributed by atoms with E-state index in [4.69, 9.17) is 4.74 Å². The van der Waals surface area contributed by atoms with Crippen molar-refractivity contribution in [3.8, 4) is 0 Å². The van der Waals surface area contributed by atoms with Crippen LogP contribution in [0.3, 0.4) is 0 Å². The third-order valence-corrected chi connectivity index (χ3v) is 4.55. The molecule has 8 heteroatoms. The first-order chi connectivity index (χ1) is 14.5.